The van der Waals surface area contributed by atoms with Crippen LogP contribution in [0.5, 0.6) is 5.75 Å². The summed E-state index contributed by atoms with van der Waals surface area (Å²) >= 11 is 0. The number of piperazine rings is 1. The fourth-order valence-corrected chi connectivity index (χ4v) is 5.66. The van der Waals surface area contributed by atoms with E-state index in [9.17, 15) is 14.4 Å². The monoisotopic (exact) mass is 611 g/mol. The summed E-state index contributed by atoms with van der Waals surface area (Å²) in [6, 6.07) is 21.4. The Morgan fingerprint density at radius 3 is 2.24 bits per heavy atom. The molecule has 11 nitrogen and oxygen atoms in total. The van der Waals surface area contributed by atoms with Gasteiger partial charge in [-0.3, -0.25) is 4.79 Å². The van der Waals surface area contributed by atoms with Crippen molar-refractivity contribution in [2.75, 3.05) is 58.0 Å². The number of carbonyl (C=O) groups excluding carboxylic acids is 3. The molecule has 0 saturated carbocycles. The summed E-state index contributed by atoms with van der Waals surface area (Å²) < 4.78 is 5.55. The third kappa shape index (κ3) is 7.55. The lowest BCUT2D eigenvalue weighted by molar-refractivity contribution is -0.118. The molecule has 45 heavy (non-hydrogen) atoms. The van der Waals surface area contributed by atoms with Gasteiger partial charge in [0.25, 0.3) is 0 Å². The summed E-state index contributed by atoms with van der Waals surface area (Å²) in [5, 5.41) is 9.93. The summed E-state index contributed by atoms with van der Waals surface area (Å²) in [4.78, 5) is 49.1. The highest BCUT2D eigenvalue weighted by atomic mass is 16.5. The summed E-state index contributed by atoms with van der Waals surface area (Å²) in [5.41, 5.74) is 4.13. The lowest BCUT2D eigenvalue weighted by atomic mass is 9.92. The van der Waals surface area contributed by atoms with Gasteiger partial charge in [0.2, 0.25) is 5.91 Å². The number of methoxy groups -OCH3 is 1. The first-order valence-electron chi connectivity index (χ1n) is 15.1. The second-order valence-electron chi connectivity index (χ2n) is 11.5. The molecule has 1 fully saturated rings. The summed E-state index contributed by atoms with van der Waals surface area (Å²) in [6.07, 6.45) is 1.89. The van der Waals surface area contributed by atoms with Crippen molar-refractivity contribution in [1.82, 2.24) is 25.0 Å². The van der Waals surface area contributed by atoms with E-state index in [1.807, 2.05) is 105 Å². The van der Waals surface area contributed by atoms with Crippen LogP contribution in [0.4, 0.5) is 21.0 Å². The smallest absolute Gasteiger partial charge is 0.321 e. The highest BCUT2D eigenvalue weighted by Gasteiger charge is 2.33. The van der Waals surface area contributed by atoms with Gasteiger partial charge in [-0.25, -0.2) is 9.59 Å². The van der Waals surface area contributed by atoms with Crippen molar-refractivity contribution in [1.29, 1.82) is 0 Å². The maximum Gasteiger partial charge on any atom is 0.321 e. The number of hydrogen-bond donors (Lipinski definition) is 4. The van der Waals surface area contributed by atoms with Crippen LogP contribution in [-0.2, 0) is 11.3 Å². The van der Waals surface area contributed by atoms with Crippen LogP contribution < -0.4 is 20.7 Å². The second-order valence-corrected chi connectivity index (χ2v) is 11.5. The molecule has 5 rings (SSSR count). The maximum absolute atomic E-state index is 14.0. The first-order chi connectivity index (χ1) is 21.7. The number of nitrogens with one attached hydrogen (secondary N) is 4. The Kier molecular flexibility index (Phi) is 9.89. The summed E-state index contributed by atoms with van der Waals surface area (Å²) in [5.74, 6) is -0.207. The van der Waals surface area contributed by atoms with Crippen molar-refractivity contribution in [3.05, 3.63) is 90.1 Å². The normalized spacial score (nSPS) is 14.6. The van der Waals surface area contributed by atoms with E-state index < -0.39 is 6.04 Å². The number of anilines is 2. The van der Waals surface area contributed by atoms with Gasteiger partial charge in [-0.15, -0.1) is 0 Å². The molecule has 1 saturated heterocycles. The molecule has 0 spiro atoms. The van der Waals surface area contributed by atoms with Crippen LogP contribution in [0.2, 0.25) is 0 Å². The van der Waals surface area contributed by atoms with Crippen LogP contribution in [0.3, 0.4) is 0 Å². The standard InChI is InChI=1S/C34H41N7O4/c1-23(27-21-35-28-13-9-8-12-26(27)28)31(32(42)37-29-20-24(22-39(2)3)14-15-30(29)45-4)38-34(44)41-18-16-40(17-19-41)33(43)36-25-10-6-5-7-11-25/h5-15,20-21,23,31,35H,16-19,22H2,1-4H3,(H,36,43)(H,37,42)(H,38,44)/t23-,31-/m1/s1. The first kappa shape index (κ1) is 31.4. The number of ether oxygens (including phenoxy) is 1. The van der Waals surface area contributed by atoms with Crippen LogP contribution in [0.1, 0.15) is 24.0 Å². The number of nitrogens with zero attached hydrogens (tertiary/aromatic N) is 3. The van der Waals surface area contributed by atoms with Gasteiger partial charge in [-0.05, 0) is 55.6 Å². The number of rotatable bonds is 9. The summed E-state index contributed by atoms with van der Waals surface area (Å²) in [7, 11) is 5.52. The molecule has 3 aromatic carbocycles. The van der Waals surface area contributed by atoms with Gasteiger partial charge in [0, 0.05) is 61.4 Å². The predicted molar refractivity (Wildman–Crippen MR) is 177 cm³/mol. The first-order valence-corrected chi connectivity index (χ1v) is 15.1. The van der Waals surface area contributed by atoms with Crippen molar-refractivity contribution >= 4 is 40.2 Å². The third-order valence-corrected chi connectivity index (χ3v) is 8.07. The van der Waals surface area contributed by atoms with E-state index in [0.29, 0.717) is 49.8 Å². The minimum Gasteiger partial charge on any atom is -0.495 e. The van der Waals surface area contributed by atoms with Crippen molar-refractivity contribution in [2.45, 2.75) is 25.4 Å². The van der Waals surface area contributed by atoms with E-state index in [1.165, 1.54) is 0 Å². The number of H-pyrrole nitrogens is 1. The Morgan fingerprint density at radius 1 is 0.889 bits per heavy atom. The maximum atomic E-state index is 14.0. The fraction of sp³-hybridized carbons (Fsp3) is 0.324. The van der Waals surface area contributed by atoms with E-state index in [2.05, 4.69) is 20.9 Å². The zero-order valence-electron chi connectivity index (χ0n) is 26.2. The molecule has 4 aromatic rings. The Balaban J connectivity index is 1.33. The number of para-hydroxylation sites is 2. The van der Waals surface area contributed by atoms with Crippen LogP contribution >= 0.6 is 0 Å². The minimum atomic E-state index is -0.904. The van der Waals surface area contributed by atoms with Gasteiger partial charge in [-0.1, -0.05) is 49.4 Å². The summed E-state index contributed by atoms with van der Waals surface area (Å²) in [6.45, 7) is 4.04. The fourth-order valence-electron chi connectivity index (χ4n) is 5.66. The van der Waals surface area contributed by atoms with E-state index in [-0.39, 0.29) is 23.9 Å². The molecule has 1 aliphatic heterocycles. The molecular formula is C34H41N7O4. The Bertz CT molecular complexity index is 1630. The van der Waals surface area contributed by atoms with Crippen LogP contribution in [0, 0.1) is 0 Å². The van der Waals surface area contributed by atoms with Crippen molar-refractivity contribution in [2.24, 2.45) is 0 Å². The van der Waals surface area contributed by atoms with E-state index in [1.54, 1.807) is 16.9 Å². The van der Waals surface area contributed by atoms with Crippen molar-refractivity contribution in [3.63, 3.8) is 0 Å². The average molecular weight is 612 g/mol. The number of benzene rings is 3. The number of aromatic amines is 1. The number of carbonyl (C=O) groups is 3. The van der Waals surface area contributed by atoms with Crippen LogP contribution in [0.15, 0.2) is 79.0 Å². The molecule has 2 atom stereocenters. The highest BCUT2D eigenvalue weighted by molar-refractivity contribution is 5.99. The van der Waals surface area contributed by atoms with Gasteiger partial charge >= 0.3 is 12.1 Å². The molecule has 236 valence electrons. The lowest BCUT2D eigenvalue weighted by Crippen LogP contribution is -2.57. The minimum absolute atomic E-state index is 0.211. The molecular weight excluding hydrogens is 570 g/mol. The second kappa shape index (κ2) is 14.2. The topological polar surface area (TPSA) is 122 Å². The molecule has 1 aromatic heterocycles. The van der Waals surface area contributed by atoms with Gasteiger partial charge in [0.05, 0.1) is 12.8 Å². The molecule has 2 heterocycles. The molecule has 5 amide bonds. The number of aromatic nitrogens is 1. The lowest BCUT2D eigenvalue weighted by Gasteiger charge is -2.36. The molecule has 0 unspecified atom stereocenters. The van der Waals surface area contributed by atoms with Crippen molar-refractivity contribution in [3.8, 4) is 5.75 Å². The molecule has 11 heteroatoms. The SMILES string of the molecule is COc1ccc(CN(C)C)cc1NC(=O)[C@H](NC(=O)N1CCN(C(=O)Nc2ccccc2)CC1)[C@H](C)c1c[nH]c2ccccc12. The molecule has 0 bridgehead atoms. The molecule has 0 aliphatic carbocycles. The number of urea groups is 2. The van der Waals surface area contributed by atoms with Crippen LogP contribution in [-0.4, -0.2) is 91.1 Å². The predicted octanol–water partition coefficient (Wildman–Crippen LogP) is 4.91. The average Bonchev–Trinajstić information content (AvgIpc) is 3.48. The number of hydrogen-bond acceptors (Lipinski definition) is 5. The Labute approximate surface area is 263 Å². The number of fused-ring (bicyclic) bond motifs is 1. The van der Waals surface area contributed by atoms with Crippen molar-refractivity contribution < 1.29 is 19.1 Å². The zero-order valence-corrected chi connectivity index (χ0v) is 26.2. The molecule has 1 aliphatic rings. The van der Waals surface area contributed by atoms with E-state index in [4.69, 9.17) is 4.74 Å². The molecule has 4 N–H and O–H groups in total. The largest absolute Gasteiger partial charge is 0.495 e. The zero-order chi connectivity index (χ0) is 31.9. The Morgan fingerprint density at radius 2 is 1.56 bits per heavy atom. The third-order valence-electron chi connectivity index (χ3n) is 8.07. The van der Waals surface area contributed by atoms with Gasteiger partial charge in [0.1, 0.15) is 11.8 Å². The van der Waals surface area contributed by atoms with E-state index >= 15 is 0 Å². The van der Waals surface area contributed by atoms with Gasteiger partial charge in [-0.2, -0.15) is 0 Å². The number of amides is 5. The van der Waals surface area contributed by atoms with E-state index in [0.717, 1.165) is 22.0 Å². The van der Waals surface area contributed by atoms with Gasteiger partial charge < -0.3 is 40.4 Å². The molecule has 0 radical (unpaired) electrons. The highest BCUT2D eigenvalue weighted by Crippen LogP contribution is 2.30. The van der Waals surface area contributed by atoms with Crippen LogP contribution in [0.25, 0.3) is 10.9 Å². The van der Waals surface area contributed by atoms with Gasteiger partial charge in [0.15, 0.2) is 0 Å². The Hall–Kier alpha value is -5.03. The quantitative estimate of drug-likeness (QED) is 0.214.